The minimum absolute atomic E-state index is 0.143. The van der Waals surface area contributed by atoms with E-state index in [9.17, 15) is 4.79 Å². The molecular formula is C23H28N4O3S. The maximum absolute atomic E-state index is 12.8. The molecule has 0 spiro atoms. The second kappa shape index (κ2) is 11.4. The predicted octanol–water partition coefficient (Wildman–Crippen LogP) is 3.24. The third-order valence-corrected chi connectivity index (χ3v) is 5.22. The van der Waals surface area contributed by atoms with Crippen LogP contribution in [0.4, 0.5) is 0 Å². The summed E-state index contributed by atoms with van der Waals surface area (Å²) in [4.78, 5) is 21.9. The van der Waals surface area contributed by atoms with E-state index in [0.717, 1.165) is 22.9 Å². The normalized spacial score (nSPS) is 10.8. The first-order valence-electron chi connectivity index (χ1n) is 10.3. The molecule has 164 valence electrons. The lowest BCUT2D eigenvalue weighted by atomic mass is 10.1. The van der Waals surface area contributed by atoms with Crippen molar-refractivity contribution in [2.45, 2.75) is 26.4 Å². The summed E-state index contributed by atoms with van der Waals surface area (Å²) in [7, 11) is 1.60. The molecule has 3 rings (SSSR count). The van der Waals surface area contributed by atoms with E-state index in [-0.39, 0.29) is 5.56 Å². The van der Waals surface area contributed by atoms with Gasteiger partial charge in [0.1, 0.15) is 5.75 Å². The summed E-state index contributed by atoms with van der Waals surface area (Å²) in [6, 6.07) is 11.4. The first-order valence-corrected chi connectivity index (χ1v) is 10.7. The van der Waals surface area contributed by atoms with Crippen LogP contribution in [0, 0.1) is 0 Å². The molecule has 31 heavy (non-hydrogen) atoms. The molecule has 3 aromatic rings. The topological polar surface area (TPSA) is 79.5 Å². The Morgan fingerprint density at radius 1 is 1.26 bits per heavy atom. The summed E-state index contributed by atoms with van der Waals surface area (Å²) in [6.45, 7) is 4.99. The molecular weight excluding hydrogens is 412 g/mol. The lowest BCUT2D eigenvalue weighted by molar-refractivity contribution is 0.145. The minimum Gasteiger partial charge on any atom is -0.497 e. The van der Waals surface area contributed by atoms with Crippen LogP contribution in [0.25, 0.3) is 10.9 Å². The Labute approximate surface area is 187 Å². The molecule has 7 nitrogen and oxygen atoms in total. The average Bonchev–Trinajstić information content (AvgIpc) is 2.79. The number of nitrogens with one attached hydrogen (secondary N) is 2. The van der Waals surface area contributed by atoms with Crippen LogP contribution >= 0.6 is 12.2 Å². The Morgan fingerprint density at radius 3 is 2.87 bits per heavy atom. The maximum atomic E-state index is 12.8. The molecule has 0 saturated heterocycles. The smallest absolute Gasteiger partial charge is 0.253 e. The van der Waals surface area contributed by atoms with Crippen molar-refractivity contribution in [3.05, 3.63) is 70.3 Å². The third-order valence-electron chi connectivity index (χ3n) is 4.82. The summed E-state index contributed by atoms with van der Waals surface area (Å²) >= 11 is 5.65. The molecule has 0 radical (unpaired) electrons. The van der Waals surface area contributed by atoms with Gasteiger partial charge in [-0.15, -0.1) is 0 Å². The lowest BCUT2D eigenvalue weighted by Gasteiger charge is -2.26. The van der Waals surface area contributed by atoms with E-state index in [1.165, 1.54) is 0 Å². The molecule has 0 saturated carbocycles. The standard InChI is InChI=1S/C23H28N4O3S/c1-3-30-11-5-10-25-23(31)27(15-17-6-4-9-24-14-17)16-19-12-18-7-8-20(29-2)13-21(18)26-22(19)28/h4,6-9,12-14H,3,5,10-11,15-16H2,1-2H3,(H,25,31)(H,26,28). The van der Waals surface area contributed by atoms with Crippen molar-refractivity contribution in [2.24, 2.45) is 0 Å². The van der Waals surface area contributed by atoms with Crippen LogP contribution in [0.5, 0.6) is 5.75 Å². The van der Waals surface area contributed by atoms with Gasteiger partial charge in [0.25, 0.3) is 5.56 Å². The number of aromatic nitrogens is 2. The van der Waals surface area contributed by atoms with Crippen molar-refractivity contribution < 1.29 is 9.47 Å². The Balaban J connectivity index is 1.79. The quantitative estimate of drug-likeness (QED) is 0.370. The Kier molecular flexibility index (Phi) is 8.37. The highest BCUT2D eigenvalue weighted by molar-refractivity contribution is 7.80. The molecule has 8 heteroatoms. The van der Waals surface area contributed by atoms with Gasteiger partial charge in [0, 0.05) is 50.3 Å². The van der Waals surface area contributed by atoms with Crippen LogP contribution < -0.4 is 15.6 Å². The number of aromatic amines is 1. The number of hydrogen-bond acceptors (Lipinski definition) is 5. The van der Waals surface area contributed by atoms with Crippen LogP contribution in [-0.2, 0) is 17.8 Å². The number of methoxy groups -OCH3 is 1. The molecule has 0 unspecified atom stereocenters. The number of ether oxygens (including phenoxy) is 2. The Morgan fingerprint density at radius 2 is 2.13 bits per heavy atom. The van der Waals surface area contributed by atoms with E-state index in [1.54, 1.807) is 13.3 Å². The van der Waals surface area contributed by atoms with E-state index in [2.05, 4.69) is 15.3 Å². The Hall–Kier alpha value is -2.97. The molecule has 0 aliphatic rings. The lowest BCUT2D eigenvalue weighted by Crippen LogP contribution is -2.40. The first-order chi connectivity index (χ1) is 15.1. The molecule has 0 amide bonds. The van der Waals surface area contributed by atoms with Gasteiger partial charge in [-0.05, 0) is 60.8 Å². The molecule has 0 fully saturated rings. The van der Waals surface area contributed by atoms with Gasteiger partial charge >= 0.3 is 0 Å². The highest BCUT2D eigenvalue weighted by atomic mass is 32.1. The van der Waals surface area contributed by atoms with E-state index in [1.807, 2.05) is 54.4 Å². The van der Waals surface area contributed by atoms with Crippen LogP contribution in [0.15, 0.2) is 53.6 Å². The van der Waals surface area contributed by atoms with E-state index < -0.39 is 0 Å². The predicted molar refractivity (Wildman–Crippen MR) is 126 cm³/mol. The summed E-state index contributed by atoms with van der Waals surface area (Å²) < 4.78 is 10.6. The first kappa shape index (κ1) is 22.7. The monoisotopic (exact) mass is 440 g/mol. The minimum atomic E-state index is -0.143. The van der Waals surface area contributed by atoms with Crippen molar-refractivity contribution in [1.82, 2.24) is 20.2 Å². The zero-order valence-corrected chi connectivity index (χ0v) is 18.7. The second-order valence-corrected chi connectivity index (χ2v) is 7.46. The number of nitrogens with zero attached hydrogens (tertiary/aromatic N) is 2. The fourth-order valence-corrected chi connectivity index (χ4v) is 3.44. The van der Waals surface area contributed by atoms with Crippen molar-refractivity contribution >= 4 is 28.2 Å². The summed E-state index contributed by atoms with van der Waals surface area (Å²) in [5.74, 6) is 0.700. The summed E-state index contributed by atoms with van der Waals surface area (Å²) in [6.07, 6.45) is 4.40. The van der Waals surface area contributed by atoms with Gasteiger partial charge in [-0.2, -0.15) is 0 Å². The highest BCUT2D eigenvalue weighted by Crippen LogP contribution is 2.19. The number of hydrogen-bond donors (Lipinski definition) is 2. The molecule has 2 N–H and O–H groups in total. The molecule has 0 aliphatic carbocycles. The van der Waals surface area contributed by atoms with Gasteiger partial charge in [-0.25, -0.2) is 0 Å². The zero-order chi connectivity index (χ0) is 22.1. The molecule has 0 bridgehead atoms. The molecule has 0 aliphatic heterocycles. The number of H-pyrrole nitrogens is 1. The van der Waals surface area contributed by atoms with Gasteiger partial charge in [0.05, 0.1) is 19.2 Å². The fraction of sp³-hybridized carbons (Fsp3) is 0.348. The van der Waals surface area contributed by atoms with Gasteiger partial charge in [-0.1, -0.05) is 6.07 Å². The van der Waals surface area contributed by atoms with Crippen LogP contribution in [0.1, 0.15) is 24.5 Å². The second-order valence-electron chi connectivity index (χ2n) is 7.08. The molecule has 0 atom stereocenters. The van der Waals surface area contributed by atoms with Gasteiger partial charge < -0.3 is 24.7 Å². The molecule has 2 aromatic heterocycles. The number of fused-ring (bicyclic) bond motifs is 1. The van der Waals surface area contributed by atoms with Crippen LogP contribution in [0.3, 0.4) is 0 Å². The van der Waals surface area contributed by atoms with Crippen molar-refractivity contribution in [3.8, 4) is 5.75 Å². The van der Waals surface area contributed by atoms with Crippen molar-refractivity contribution in [3.63, 3.8) is 0 Å². The summed E-state index contributed by atoms with van der Waals surface area (Å²) in [5.41, 5.74) is 2.25. The van der Waals surface area contributed by atoms with Gasteiger partial charge in [0.15, 0.2) is 5.11 Å². The Bertz CT molecular complexity index is 1060. The van der Waals surface area contributed by atoms with E-state index in [0.29, 0.717) is 49.3 Å². The average molecular weight is 441 g/mol. The van der Waals surface area contributed by atoms with Crippen molar-refractivity contribution in [1.29, 1.82) is 0 Å². The highest BCUT2D eigenvalue weighted by Gasteiger charge is 2.14. The number of pyridine rings is 2. The maximum Gasteiger partial charge on any atom is 0.253 e. The SMILES string of the molecule is CCOCCCNC(=S)N(Cc1cccnc1)Cc1cc2ccc(OC)cc2[nH]c1=O. The third kappa shape index (κ3) is 6.50. The number of benzene rings is 1. The molecule has 2 heterocycles. The van der Waals surface area contributed by atoms with Gasteiger partial charge in [0.2, 0.25) is 0 Å². The summed E-state index contributed by atoms with van der Waals surface area (Å²) in [5, 5.41) is 4.81. The molecule has 1 aromatic carbocycles. The largest absolute Gasteiger partial charge is 0.497 e. The van der Waals surface area contributed by atoms with Crippen LogP contribution in [-0.4, -0.2) is 46.8 Å². The number of thiocarbonyl (C=S) groups is 1. The number of rotatable bonds is 10. The van der Waals surface area contributed by atoms with Crippen molar-refractivity contribution in [2.75, 3.05) is 26.9 Å². The van der Waals surface area contributed by atoms with Gasteiger partial charge in [-0.3, -0.25) is 9.78 Å². The fourth-order valence-electron chi connectivity index (χ4n) is 3.21. The van der Waals surface area contributed by atoms with Crippen LogP contribution in [0.2, 0.25) is 0 Å². The van der Waals surface area contributed by atoms with E-state index >= 15 is 0 Å². The zero-order valence-electron chi connectivity index (χ0n) is 17.9. The van der Waals surface area contributed by atoms with E-state index in [4.69, 9.17) is 21.7 Å².